The van der Waals surface area contributed by atoms with Gasteiger partial charge in [-0.3, -0.25) is 29.9 Å². The minimum absolute atomic E-state index is 0. The van der Waals surface area contributed by atoms with Crippen LogP contribution in [0.4, 0.5) is 0 Å². The van der Waals surface area contributed by atoms with E-state index in [2.05, 4.69) is 146 Å². The zero-order valence-corrected chi connectivity index (χ0v) is 32.6. The smallest absolute Gasteiger partial charge is 0.0970 e. The average molecular weight is 812 g/mol. The summed E-state index contributed by atoms with van der Waals surface area (Å²) in [5.74, 6) is 0. The van der Waals surface area contributed by atoms with Gasteiger partial charge < -0.3 is 0 Å². The molecule has 10 rings (SSSR count). The van der Waals surface area contributed by atoms with E-state index in [9.17, 15) is 0 Å². The molecule has 0 unspecified atom stereocenters. The Morgan fingerprint density at radius 2 is 0.857 bits per heavy atom. The van der Waals surface area contributed by atoms with Crippen LogP contribution in [0.25, 0.3) is 77.3 Å². The number of rotatable bonds is 5. The first-order valence-corrected chi connectivity index (χ1v) is 18.5. The van der Waals surface area contributed by atoms with Crippen LogP contribution in [-0.2, 0) is 25.9 Å². The van der Waals surface area contributed by atoms with E-state index in [1.807, 2.05) is 61.1 Å². The molecular weight excluding hydrogens is 774 g/mol. The summed E-state index contributed by atoms with van der Waals surface area (Å²) in [6.45, 7) is 2.18. The molecule has 6 heterocycles. The van der Waals surface area contributed by atoms with Crippen LogP contribution in [0.2, 0.25) is 0 Å². The zero-order valence-electron chi connectivity index (χ0n) is 30.8. The van der Waals surface area contributed by atoms with E-state index < -0.39 is 0 Å². The summed E-state index contributed by atoms with van der Waals surface area (Å²) in [5.41, 5.74) is 11.8. The van der Waals surface area contributed by atoms with Crippen molar-refractivity contribution in [1.82, 2.24) is 29.9 Å². The van der Waals surface area contributed by atoms with Gasteiger partial charge in [0, 0.05) is 78.2 Å². The second kappa shape index (κ2) is 18.2. The van der Waals surface area contributed by atoms with Gasteiger partial charge in [0.1, 0.15) is 0 Å². The maximum absolute atomic E-state index is 4.67. The largest absolute Gasteiger partial charge is 0.255 e. The molecule has 0 aliphatic rings. The summed E-state index contributed by atoms with van der Waals surface area (Å²) in [5, 5.41) is 4.53. The fourth-order valence-electron chi connectivity index (χ4n) is 6.82. The molecule has 0 saturated heterocycles. The van der Waals surface area contributed by atoms with Crippen LogP contribution >= 0.6 is 0 Å². The molecule has 0 N–H and O–H groups in total. The summed E-state index contributed by atoms with van der Waals surface area (Å²) < 4.78 is 0. The fourth-order valence-corrected chi connectivity index (χ4v) is 6.82. The monoisotopic (exact) mass is 812 g/mol. The van der Waals surface area contributed by atoms with Gasteiger partial charge in [-0.1, -0.05) is 116 Å². The van der Waals surface area contributed by atoms with Gasteiger partial charge in [0.05, 0.1) is 33.5 Å². The standard InChI is InChI=1S/C24H16N2.C13H14N2.C12H8N2.Ru/c1-3-7-17(8-4-1)19-13-15-25-23-21(19)11-12-22-20(14-16-26-24(22)23)18-9-5-2-6-10-18;1-2-5-11-7-9-15-13(10-11)12-6-3-4-8-14-12;1-3-9-5-6-10-4-2-8-14-12(10)11(9)13-7-1;/h1-16H;3-4,6-10H,2,5H2,1H3;1-8H;. The van der Waals surface area contributed by atoms with Gasteiger partial charge in [0.25, 0.3) is 0 Å². The number of hydrogen-bond donors (Lipinski definition) is 0. The molecule has 0 bridgehead atoms. The molecule has 7 heteroatoms. The molecule has 0 fully saturated rings. The third kappa shape index (κ3) is 8.39. The van der Waals surface area contributed by atoms with Crippen LogP contribution in [0, 0.1) is 0 Å². The number of fused-ring (bicyclic) bond motifs is 6. The minimum atomic E-state index is 0. The van der Waals surface area contributed by atoms with E-state index >= 15 is 0 Å². The van der Waals surface area contributed by atoms with E-state index in [1.54, 1.807) is 18.6 Å². The maximum atomic E-state index is 4.67. The summed E-state index contributed by atoms with van der Waals surface area (Å²) in [6.07, 6.45) is 13.3. The first kappa shape index (κ1) is 37.7. The quantitative estimate of drug-likeness (QED) is 0.127. The normalized spacial score (nSPS) is 10.6. The van der Waals surface area contributed by atoms with Crippen molar-refractivity contribution >= 4 is 43.6 Å². The van der Waals surface area contributed by atoms with E-state index in [4.69, 9.17) is 0 Å². The molecule has 0 aliphatic heterocycles. The number of pyridine rings is 6. The molecule has 6 aromatic heterocycles. The Labute approximate surface area is 339 Å². The molecule has 10 aromatic rings. The third-order valence-electron chi connectivity index (χ3n) is 9.43. The van der Waals surface area contributed by atoms with Gasteiger partial charge in [-0.15, -0.1) is 0 Å². The van der Waals surface area contributed by atoms with Gasteiger partial charge in [-0.2, -0.15) is 0 Å². The number of nitrogens with zero attached hydrogens (tertiary/aromatic N) is 6. The Bertz CT molecular complexity index is 2680. The molecule has 4 aromatic carbocycles. The maximum Gasteiger partial charge on any atom is 0.0970 e. The first-order chi connectivity index (χ1) is 27.3. The average Bonchev–Trinajstić information content (AvgIpc) is 3.27. The molecule has 0 aliphatic carbocycles. The van der Waals surface area contributed by atoms with Crippen molar-refractivity contribution in [3.63, 3.8) is 0 Å². The van der Waals surface area contributed by atoms with Crippen LogP contribution in [0.1, 0.15) is 18.9 Å². The van der Waals surface area contributed by atoms with Gasteiger partial charge in [-0.25, -0.2) is 0 Å². The van der Waals surface area contributed by atoms with E-state index in [0.717, 1.165) is 67.8 Å². The fraction of sp³-hybridized carbons (Fsp3) is 0.0612. The number of aryl methyl sites for hydroxylation is 1. The molecule has 0 spiro atoms. The zero-order chi connectivity index (χ0) is 37.2. The van der Waals surface area contributed by atoms with Crippen molar-refractivity contribution < 1.29 is 19.5 Å². The summed E-state index contributed by atoms with van der Waals surface area (Å²) in [6, 6.07) is 51.5. The summed E-state index contributed by atoms with van der Waals surface area (Å²) in [4.78, 5) is 26.6. The Balaban J connectivity index is 0.000000137. The number of benzene rings is 4. The van der Waals surface area contributed by atoms with Crippen molar-refractivity contribution in [2.75, 3.05) is 0 Å². The van der Waals surface area contributed by atoms with Crippen LogP contribution in [0.5, 0.6) is 0 Å². The molecule has 0 radical (unpaired) electrons. The second-order valence-electron chi connectivity index (χ2n) is 13.0. The predicted octanol–water partition coefficient (Wildman–Crippen LogP) is 12.0. The molecule has 0 amide bonds. The third-order valence-corrected chi connectivity index (χ3v) is 9.43. The van der Waals surface area contributed by atoms with Gasteiger partial charge >= 0.3 is 0 Å². The number of hydrogen-bond acceptors (Lipinski definition) is 6. The predicted molar refractivity (Wildman–Crippen MR) is 226 cm³/mol. The molecular formula is C49H38N6Ru. The van der Waals surface area contributed by atoms with E-state index in [1.165, 1.54) is 27.8 Å². The second-order valence-corrected chi connectivity index (χ2v) is 13.0. The van der Waals surface area contributed by atoms with Gasteiger partial charge in [0.2, 0.25) is 0 Å². The van der Waals surface area contributed by atoms with E-state index in [0.29, 0.717) is 0 Å². The van der Waals surface area contributed by atoms with Crippen molar-refractivity contribution in [2.45, 2.75) is 19.8 Å². The van der Waals surface area contributed by atoms with Gasteiger partial charge in [0.15, 0.2) is 0 Å². The van der Waals surface area contributed by atoms with E-state index in [-0.39, 0.29) is 19.5 Å². The summed E-state index contributed by atoms with van der Waals surface area (Å²) >= 11 is 0. The Kier molecular flexibility index (Phi) is 12.3. The molecule has 272 valence electrons. The Hall–Kier alpha value is -6.56. The van der Waals surface area contributed by atoms with Crippen LogP contribution < -0.4 is 0 Å². The van der Waals surface area contributed by atoms with Crippen LogP contribution in [0.3, 0.4) is 0 Å². The summed E-state index contributed by atoms with van der Waals surface area (Å²) in [7, 11) is 0. The van der Waals surface area contributed by atoms with Gasteiger partial charge in [-0.05, 0) is 82.8 Å². The van der Waals surface area contributed by atoms with Crippen molar-refractivity contribution in [3.8, 4) is 33.6 Å². The van der Waals surface area contributed by atoms with Crippen molar-refractivity contribution in [3.05, 3.63) is 194 Å². The van der Waals surface area contributed by atoms with Crippen LogP contribution in [0.15, 0.2) is 189 Å². The first-order valence-electron chi connectivity index (χ1n) is 18.5. The molecule has 56 heavy (non-hydrogen) atoms. The van der Waals surface area contributed by atoms with Crippen molar-refractivity contribution in [1.29, 1.82) is 0 Å². The molecule has 6 nitrogen and oxygen atoms in total. The SMILES string of the molecule is CCCc1ccnc(-c2ccccn2)c1.[Ru].c1ccc(-c2ccnc3c2ccc2c(-c4ccccc4)ccnc23)cc1.c1cnc2c(c1)ccc1cccnc12. The Morgan fingerprint density at radius 1 is 0.375 bits per heavy atom. The Morgan fingerprint density at radius 3 is 1.38 bits per heavy atom. The molecule has 0 atom stereocenters. The van der Waals surface area contributed by atoms with Crippen molar-refractivity contribution in [2.24, 2.45) is 0 Å². The topological polar surface area (TPSA) is 77.3 Å². The van der Waals surface area contributed by atoms with Crippen LogP contribution in [-0.4, -0.2) is 29.9 Å². The molecule has 0 saturated carbocycles. The minimum Gasteiger partial charge on any atom is -0.255 e. The number of aromatic nitrogens is 6.